The van der Waals surface area contributed by atoms with E-state index < -0.39 is 0 Å². The minimum atomic E-state index is -0.201. The Hall–Kier alpha value is -1.80. The molecule has 1 aliphatic rings. The van der Waals surface area contributed by atoms with Crippen LogP contribution in [0.2, 0.25) is 0 Å². The fourth-order valence-electron chi connectivity index (χ4n) is 4.48. The predicted molar refractivity (Wildman–Crippen MR) is 117 cm³/mol. The van der Waals surface area contributed by atoms with Gasteiger partial charge in [-0.05, 0) is 61.8 Å². The van der Waals surface area contributed by atoms with Gasteiger partial charge in [0, 0.05) is 12.0 Å². The lowest BCUT2D eigenvalue weighted by molar-refractivity contribution is -0.166. The van der Waals surface area contributed by atoms with E-state index in [0.717, 1.165) is 31.4 Å². The molecule has 0 spiro atoms. The van der Waals surface area contributed by atoms with Crippen molar-refractivity contribution in [2.45, 2.75) is 77.9 Å². The van der Waals surface area contributed by atoms with E-state index in [-0.39, 0.29) is 11.7 Å². The maximum Gasteiger partial charge on any atom is 0.205 e. The molecule has 0 heterocycles. The van der Waals surface area contributed by atoms with E-state index in [1.165, 1.54) is 30.4 Å². The summed E-state index contributed by atoms with van der Waals surface area (Å²) in [4.78, 5) is 0. The topological polar surface area (TPSA) is 18.5 Å². The van der Waals surface area contributed by atoms with Crippen LogP contribution in [0.5, 0.6) is 5.75 Å². The molecule has 28 heavy (non-hydrogen) atoms. The van der Waals surface area contributed by atoms with Gasteiger partial charge >= 0.3 is 0 Å². The first kappa shape index (κ1) is 20.9. The molecule has 3 rings (SSSR count). The van der Waals surface area contributed by atoms with Crippen LogP contribution in [0.4, 0.5) is 0 Å². The molecule has 0 aromatic heterocycles. The number of hydrogen-bond acceptors (Lipinski definition) is 2. The van der Waals surface area contributed by atoms with Gasteiger partial charge in [-0.3, -0.25) is 0 Å². The van der Waals surface area contributed by atoms with Crippen molar-refractivity contribution in [1.82, 2.24) is 0 Å². The van der Waals surface area contributed by atoms with Crippen molar-refractivity contribution in [1.29, 1.82) is 0 Å². The highest BCUT2D eigenvalue weighted by Crippen LogP contribution is 2.44. The largest absolute Gasteiger partial charge is 0.464 e. The fourth-order valence-corrected chi connectivity index (χ4v) is 4.48. The molecule has 2 aromatic carbocycles. The second-order valence-electron chi connectivity index (χ2n) is 8.37. The molecule has 0 radical (unpaired) electrons. The third-order valence-corrected chi connectivity index (χ3v) is 6.37. The summed E-state index contributed by atoms with van der Waals surface area (Å²) in [6.45, 7) is 7.25. The van der Waals surface area contributed by atoms with Gasteiger partial charge in [-0.2, -0.15) is 0 Å². The smallest absolute Gasteiger partial charge is 0.205 e. The molecule has 0 saturated heterocycles. The average molecular weight is 381 g/mol. The molecule has 0 amide bonds. The maximum atomic E-state index is 6.52. The first-order valence-electron chi connectivity index (χ1n) is 11.1. The highest BCUT2D eigenvalue weighted by atomic mass is 16.7. The lowest BCUT2D eigenvalue weighted by atomic mass is 9.69. The van der Waals surface area contributed by atoms with E-state index in [9.17, 15) is 0 Å². The summed E-state index contributed by atoms with van der Waals surface area (Å²) in [7, 11) is 0. The van der Waals surface area contributed by atoms with E-state index in [2.05, 4.69) is 75.4 Å². The lowest BCUT2D eigenvalue weighted by Gasteiger charge is -2.43. The second kappa shape index (κ2) is 10.1. The average Bonchev–Trinajstić information content (AvgIpc) is 2.75. The van der Waals surface area contributed by atoms with Gasteiger partial charge in [-0.15, -0.1) is 0 Å². The number of ether oxygens (including phenoxy) is 2. The van der Waals surface area contributed by atoms with Crippen LogP contribution in [0.1, 0.15) is 76.3 Å². The van der Waals surface area contributed by atoms with Crippen molar-refractivity contribution in [3.05, 3.63) is 65.7 Å². The van der Waals surface area contributed by atoms with E-state index in [1.54, 1.807) is 0 Å². The Labute approximate surface area is 171 Å². The van der Waals surface area contributed by atoms with Crippen LogP contribution in [-0.2, 0) is 11.2 Å². The maximum absolute atomic E-state index is 6.52. The molecular formula is C26H36O2. The van der Waals surface area contributed by atoms with Crippen molar-refractivity contribution in [3.8, 4) is 5.75 Å². The first-order valence-corrected chi connectivity index (χ1v) is 11.1. The molecule has 2 unspecified atom stereocenters. The molecule has 1 aliphatic carbocycles. The van der Waals surface area contributed by atoms with Gasteiger partial charge in [0.25, 0.3) is 0 Å². The number of benzene rings is 2. The van der Waals surface area contributed by atoms with Gasteiger partial charge in [0.15, 0.2) is 0 Å². The Morgan fingerprint density at radius 1 is 0.893 bits per heavy atom. The van der Waals surface area contributed by atoms with Crippen LogP contribution in [0.3, 0.4) is 0 Å². The SMILES string of the molecule is CCOC(Oc1ccc(C(C)CC)cc1)C1(Cc2ccccc2)CCCCC1. The van der Waals surface area contributed by atoms with Crippen LogP contribution in [-0.4, -0.2) is 12.9 Å². The quantitative estimate of drug-likeness (QED) is 0.431. The summed E-state index contributed by atoms with van der Waals surface area (Å²) in [6, 6.07) is 19.5. The van der Waals surface area contributed by atoms with Crippen molar-refractivity contribution in [2.24, 2.45) is 5.41 Å². The van der Waals surface area contributed by atoms with Crippen molar-refractivity contribution in [3.63, 3.8) is 0 Å². The summed E-state index contributed by atoms with van der Waals surface area (Å²) in [5.74, 6) is 1.50. The summed E-state index contributed by atoms with van der Waals surface area (Å²) in [5, 5.41) is 0. The van der Waals surface area contributed by atoms with Gasteiger partial charge in [0.2, 0.25) is 6.29 Å². The molecule has 2 heteroatoms. The molecule has 2 aromatic rings. The summed E-state index contributed by atoms with van der Waals surface area (Å²) in [5.41, 5.74) is 2.80. The minimum Gasteiger partial charge on any atom is -0.464 e. The predicted octanol–water partition coefficient (Wildman–Crippen LogP) is 7.13. The van der Waals surface area contributed by atoms with Crippen LogP contribution < -0.4 is 4.74 Å². The van der Waals surface area contributed by atoms with Crippen LogP contribution in [0, 0.1) is 5.41 Å². The molecule has 152 valence electrons. The Bertz CT molecular complexity index is 686. The molecule has 2 atom stereocenters. The van der Waals surface area contributed by atoms with E-state index in [1.807, 2.05) is 0 Å². The van der Waals surface area contributed by atoms with Crippen molar-refractivity contribution >= 4 is 0 Å². The third kappa shape index (κ3) is 5.17. The van der Waals surface area contributed by atoms with Gasteiger partial charge in [-0.1, -0.05) is 75.6 Å². The first-order chi connectivity index (χ1) is 13.7. The zero-order valence-electron chi connectivity index (χ0n) is 17.8. The van der Waals surface area contributed by atoms with Crippen LogP contribution >= 0.6 is 0 Å². The Morgan fingerprint density at radius 3 is 2.18 bits per heavy atom. The Balaban J connectivity index is 1.82. The van der Waals surface area contributed by atoms with Crippen LogP contribution in [0.25, 0.3) is 0 Å². The van der Waals surface area contributed by atoms with Crippen molar-refractivity contribution < 1.29 is 9.47 Å². The molecule has 0 aliphatic heterocycles. The normalized spacial score (nSPS) is 18.4. The fraction of sp³-hybridized carbons (Fsp3) is 0.538. The second-order valence-corrected chi connectivity index (χ2v) is 8.37. The highest BCUT2D eigenvalue weighted by Gasteiger charge is 2.42. The van der Waals surface area contributed by atoms with Crippen LogP contribution in [0.15, 0.2) is 54.6 Å². The van der Waals surface area contributed by atoms with Gasteiger partial charge in [0.05, 0.1) is 0 Å². The van der Waals surface area contributed by atoms with Crippen molar-refractivity contribution in [2.75, 3.05) is 6.61 Å². The molecule has 1 saturated carbocycles. The molecular weight excluding hydrogens is 344 g/mol. The Kier molecular flexibility index (Phi) is 7.56. The van der Waals surface area contributed by atoms with Gasteiger partial charge in [-0.25, -0.2) is 0 Å². The minimum absolute atomic E-state index is 0.0466. The Morgan fingerprint density at radius 2 is 1.57 bits per heavy atom. The molecule has 2 nitrogen and oxygen atoms in total. The van der Waals surface area contributed by atoms with E-state index in [0.29, 0.717) is 12.5 Å². The van der Waals surface area contributed by atoms with Gasteiger partial charge < -0.3 is 9.47 Å². The monoisotopic (exact) mass is 380 g/mol. The zero-order chi connectivity index (χ0) is 19.8. The summed E-state index contributed by atoms with van der Waals surface area (Å²) >= 11 is 0. The molecule has 0 N–H and O–H groups in total. The standard InChI is InChI=1S/C26H36O2/c1-4-21(3)23-14-16-24(17-15-23)28-25(27-5-2)26(18-10-7-11-19-26)20-22-12-8-6-9-13-22/h6,8-9,12-17,21,25H,4-5,7,10-11,18-20H2,1-3H3. The zero-order valence-corrected chi connectivity index (χ0v) is 17.8. The lowest BCUT2D eigenvalue weighted by Crippen LogP contribution is -2.44. The summed E-state index contributed by atoms with van der Waals surface area (Å²) < 4.78 is 12.8. The van der Waals surface area contributed by atoms with E-state index in [4.69, 9.17) is 9.47 Å². The van der Waals surface area contributed by atoms with E-state index >= 15 is 0 Å². The van der Waals surface area contributed by atoms with Gasteiger partial charge in [0.1, 0.15) is 5.75 Å². The number of hydrogen-bond donors (Lipinski definition) is 0. The number of rotatable bonds is 9. The highest BCUT2D eigenvalue weighted by molar-refractivity contribution is 5.29. The molecule has 1 fully saturated rings. The third-order valence-electron chi connectivity index (χ3n) is 6.37. The summed E-state index contributed by atoms with van der Waals surface area (Å²) in [6.07, 6.45) is 8.13. The molecule has 0 bridgehead atoms.